The lowest BCUT2D eigenvalue weighted by molar-refractivity contribution is -0.127. The lowest BCUT2D eigenvalue weighted by Crippen LogP contribution is -2.30. The molecule has 3 amide bonds. The molecule has 112 valence electrons. The number of hydrogen-bond acceptors (Lipinski definition) is 2. The van der Waals surface area contributed by atoms with Gasteiger partial charge in [0.25, 0.3) is 5.91 Å². The second-order valence-electron chi connectivity index (χ2n) is 6.17. The number of nitrogens with zero attached hydrogens (tertiary/aromatic N) is 1. The topological polar surface area (TPSA) is 49.4 Å². The van der Waals surface area contributed by atoms with Crippen LogP contribution >= 0.6 is 0 Å². The molecule has 1 aliphatic heterocycles. The minimum Gasteiger partial charge on any atom is -0.326 e. The third-order valence-electron chi connectivity index (χ3n) is 4.62. The molecule has 0 bridgehead atoms. The number of rotatable bonds is 3. The summed E-state index contributed by atoms with van der Waals surface area (Å²) in [6.07, 6.45) is 6.58. The zero-order chi connectivity index (χ0) is 14.8. The molecule has 21 heavy (non-hydrogen) atoms. The van der Waals surface area contributed by atoms with Gasteiger partial charge in [-0.2, -0.15) is 0 Å². The number of benzene rings is 1. The molecular formula is C17H22N2O2. The Morgan fingerprint density at radius 1 is 1.10 bits per heavy atom. The van der Waals surface area contributed by atoms with Gasteiger partial charge in [-0.3, -0.25) is 9.69 Å². The quantitative estimate of drug-likeness (QED) is 0.868. The molecule has 2 fully saturated rings. The third-order valence-corrected chi connectivity index (χ3v) is 4.62. The maximum atomic E-state index is 11.9. The molecule has 1 saturated heterocycles. The number of carbonyl (C=O) groups is 2. The molecule has 1 aliphatic carbocycles. The number of nitrogens with one attached hydrogen (secondary N) is 1. The summed E-state index contributed by atoms with van der Waals surface area (Å²) in [7, 11) is 0. The highest BCUT2D eigenvalue weighted by Crippen LogP contribution is 2.32. The van der Waals surface area contributed by atoms with Crippen molar-refractivity contribution in [3.05, 3.63) is 35.4 Å². The number of imide groups is 1. The van der Waals surface area contributed by atoms with E-state index in [0.29, 0.717) is 12.5 Å². The molecule has 1 saturated carbocycles. The van der Waals surface area contributed by atoms with Gasteiger partial charge in [-0.25, -0.2) is 4.79 Å². The second kappa shape index (κ2) is 5.88. The van der Waals surface area contributed by atoms with Crippen LogP contribution < -0.4 is 5.32 Å². The summed E-state index contributed by atoms with van der Waals surface area (Å²) in [4.78, 5) is 24.9. The minimum atomic E-state index is -0.404. The van der Waals surface area contributed by atoms with Crippen LogP contribution in [0.1, 0.15) is 56.1 Å². The highest BCUT2D eigenvalue weighted by molar-refractivity contribution is 6.03. The lowest BCUT2D eigenvalue weighted by atomic mass is 9.84. The molecule has 3 rings (SSSR count). The van der Waals surface area contributed by atoms with Crippen LogP contribution in [0, 0.1) is 0 Å². The number of hydrogen-bond donors (Lipinski definition) is 1. The standard InChI is InChI=1S/C17H22N2O2/c1-12-16(20)19(17(21)18-12)11-13-7-9-15(10-8-13)14-5-3-2-4-6-14/h7-10,12,14H,2-6,11H2,1H3,(H,18,21)/t12-/m1/s1. The van der Waals surface area contributed by atoms with Crippen molar-refractivity contribution >= 4 is 11.9 Å². The van der Waals surface area contributed by atoms with E-state index in [1.54, 1.807) is 6.92 Å². The van der Waals surface area contributed by atoms with Crippen molar-refractivity contribution in [2.75, 3.05) is 0 Å². The maximum absolute atomic E-state index is 11.9. The zero-order valence-electron chi connectivity index (χ0n) is 12.5. The Morgan fingerprint density at radius 3 is 2.33 bits per heavy atom. The van der Waals surface area contributed by atoms with Crippen LogP contribution in [0.25, 0.3) is 0 Å². The molecule has 1 aromatic carbocycles. The van der Waals surface area contributed by atoms with Crippen molar-refractivity contribution in [2.45, 2.75) is 57.5 Å². The fourth-order valence-electron chi connectivity index (χ4n) is 3.32. The summed E-state index contributed by atoms with van der Waals surface area (Å²) in [5.74, 6) is 0.542. The van der Waals surface area contributed by atoms with Crippen molar-refractivity contribution in [1.29, 1.82) is 0 Å². The highest BCUT2D eigenvalue weighted by Gasteiger charge is 2.34. The Labute approximate surface area is 125 Å². The van der Waals surface area contributed by atoms with Crippen LogP contribution in [0.2, 0.25) is 0 Å². The first-order valence-electron chi connectivity index (χ1n) is 7.86. The number of urea groups is 1. The van der Waals surface area contributed by atoms with Gasteiger partial charge >= 0.3 is 6.03 Å². The Morgan fingerprint density at radius 2 is 1.76 bits per heavy atom. The van der Waals surface area contributed by atoms with Crippen LogP contribution in [0.4, 0.5) is 4.79 Å². The molecule has 0 unspecified atom stereocenters. The highest BCUT2D eigenvalue weighted by atomic mass is 16.2. The van der Waals surface area contributed by atoms with Gasteiger partial charge in [0.15, 0.2) is 0 Å². The van der Waals surface area contributed by atoms with Gasteiger partial charge in [0.05, 0.1) is 6.54 Å². The summed E-state index contributed by atoms with van der Waals surface area (Å²) in [5.41, 5.74) is 2.40. The van der Waals surface area contributed by atoms with Gasteiger partial charge in [0, 0.05) is 0 Å². The Hall–Kier alpha value is -1.84. The maximum Gasteiger partial charge on any atom is 0.325 e. The van der Waals surface area contributed by atoms with Gasteiger partial charge in [0.1, 0.15) is 6.04 Å². The first-order valence-corrected chi connectivity index (χ1v) is 7.86. The van der Waals surface area contributed by atoms with Crippen molar-refractivity contribution in [1.82, 2.24) is 10.2 Å². The van der Waals surface area contributed by atoms with Gasteiger partial charge in [-0.15, -0.1) is 0 Å². The van der Waals surface area contributed by atoms with Crippen molar-refractivity contribution in [2.24, 2.45) is 0 Å². The SMILES string of the molecule is C[C@H]1NC(=O)N(Cc2ccc(C3CCCCC3)cc2)C1=O. The first-order chi connectivity index (χ1) is 10.1. The van der Waals surface area contributed by atoms with E-state index in [1.165, 1.54) is 42.6 Å². The van der Waals surface area contributed by atoms with Gasteiger partial charge < -0.3 is 5.32 Å². The monoisotopic (exact) mass is 286 g/mol. The zero-order valence-corrected chi connectivity index (χ0v) is 12.5. The van der Waals surface area contributed by atoms with Crippen molar-refractivity contribution < 1.29 is 9.59 Å². The molecule has 0 spiro atoms. The Balaban J connectivity index is 1.67. The first kappa shape index (κ1) is 14.1. The normalized spacial score (nSPS) is 23.5. The summed E-state index contributed by atoms with van der Waals surface area (Å²) in [5, 5.41) is 2.64. The minimum absolute atomic E-state index is 0.142. The molecule has 4 nitrogen and oxygen atoms in total. The molecule has 4 heteroatoms. The van der Waals surface area contributed by atoms with E-state index in [4.69, 9.17) is 0 Å². The van der Waals surface area contributed by atoms with Crippen molar-refractivity contribution in [3.63, 3.8) is 0 Å². The molecular weight excluding hydrogens is 264 g/mol. The van der Waals surface area contributed by atoms with Crippen LogP contribution in [0.15, 0.2) is 24.3 Å². The van der Waals surface area contributed by atoms with Crippen LogP contribution in [-0.4, -0.2) is 22.9 Å². The lowest BCUT2D eigenvalue weighted by Gasteiger charge is -2.22. The van der Waals surface area contributed by atoms with Gasteiger partial charge in [-0.1, -0.05) is 43.5 Å². The largest absolute Gasteiger partial charge is 0.326 e. The van der Waals surface area contributed by atoms with Gasteiger partial charge in [0.2, 0.25) is 0 Å². The Kier molecular flexibility index (Phi) is 3.95. The summed E-state index contributed by atoms with van der Waals surface area (Å²) in [6, 6.07) is 7.73. The molecule has 1 N–H and O–H groups in total. The number of carbonyl (C=O) groups excluding carboxylic acids is 2. The number of amides is 3. The fourth-order valence-corrected chi connectivity index (χ4v) is 3.32. The summed E-state index contributed by atoms with van der Waals surface area (Å²) < 4.78 is 0. The van der Waals surface area contributed by atoms with E-state index in [9.17, 15) is 9.59 Å². The van der Waals surface area contributed by atoms with E-state index in [-0.39, 0.29) is 11.9 Å². The molecule has 0 aromatic heterocycles. The average Bonchev–Trinajstić information content (AvgIpc) is 2.75. The van der Waals surface area contributed by atoms with Crippen LogP contribution in [0.5, 0.6) is 0 Å². The molecule has 0 radical (unpaired) electrons. The van der Waals surface area contributed by atoms with Crippen LogP contribution in [0.3, 0.4) is 0 Å². The van der Waals surface area contributed by atoms with E-state index in [2.05, 4.69) is 17.4 Å². The molecule has 1 heterocycles. The van der Waals surface area contributed by atoms with Crippen molar-refractivity contribution in [3.8, 4) is 0 Å². The molecule has 2 aliphatic rings. The van der Waals surface area contributed by atoms with E-state index < -0.39 is 6.04 Å². The van der Waals surface area contributed by atoms with E-state index in [0.717, 1.165) is 5.56 Å². The van der Waals surface area contributed by atoms with Gasteiger partial charge in [-0.05, 0) is 36.8 Å². The average molecular weight is 286 g/mol. The Bertz CT molecular complexity index is 532. The predicted octanol–water partition coefficient (Wildman–Crippen LogP) is 3.17. The van der Waals surface area contributed by atoms with Crippen LogP contribution in [-0.2, 0) is 11.3 Å². The summed E-state index contributed by atoms with van der Waals surface area (Å²) in [6.45, 7) is 2.08. The van der Waals surface area contributed by atoms with E-state index in [1.807, 2.05) is 12.1 Å². The van der Waals surface area contributed by atoms with E-state index >= 15 is 0 Å². The smallest absolute Gasteiger partial charge is 0.325 e. The fraction of sp³-hybridized carbons (Fsp3) is 0.529. The predicted molar refractivity (Wildman–Crippen MR) is 80.8 cm³/mol. The summed E-state index contributed by atoms with van der Waals surface area (Å²) >= 11 is 0. The second-order valence-corrected chi connectivity index (χ2v) is 6.17. The molecule has 1 atom stereocenters. The third kappa shape index (κ3) is 2.94. The molecule has 1 aromatic rings.